The minimum absolute atomic E-state index is 0.0930. The van der Waals surface area contributed by atoms with Gasteiger partial charge in [0.15, 0.2) is 0 Å². The Balaban J connectivity index is 3.13. The Kier molecular flexibility index (Phi) is 4.43. The lowest BCUT2D eigenvalue weighted by atomic mass is 10.2. The second-order valence-electron chi connectivity index (χ2n) is 3.14. The lowest BCUT2D eigenvalue weighted by Crippen LogP contribution is -2.27. The van der Waals surface area contributed by atoms with E-state index >= 15 is 0 Å². The molecule has 0 aliphatic rings. The molecule has 11 nitrogen and oxygen atoms in total. The molecule has 0 saturated heterocycles. The summed E-state index contributed by atoms with van der Waals surface area (Å²) < 4.78 is 0. The molecule has 0 aliphatic heterocycles. The van der Waals surface area contributed by atoms with Gasteiger partial charge in [0.1, 0.15) is 0 Å². The van der Waals surface area contributed by atoms with Gasteiger partial charge in [0.25, 0.3) is 11.4 Å². The average molecular weight is 268 g/mol. The molecule has 1 aromatic carbocycles. The van der Waals surface area contributed by atoms with Crippen molar-refractivity contribution in [1.29, 1.82) is 0 Å². The van der Waals surface area contributed by atoms with E-state index in [0.29, 0.717) is 0 Å². The largest absolute Gasteiger partial charge is 0.367 e. The molecule has 0 fully saturated rings. The van der Waals surface area contributed by atoms with Crippen LogP contribution in [0.1, 0.15) is 5.56 Å². The van der Waals surface area contributed by atoms with E-state index in [-0.39, 0.29) is 5.56 Å². The zero-order chi connectivity index (χ0) is 14.4. The third-order valence-corrected chi connectivity index (χ3v) is 1.83. The third-order valence-electron chi connectivity index (χ3n) is 1.83. The van der Waals surface area contributed by atoms with Crippen LogP contribution in [0.3, 0.4) is 0 Å². The molecule has 0 heterocycles. The summed E-state index contributed by atoms with van der Waals surface area (Å²) in [5.74, 6) is -0.406. The maximum absolute atomic E-state index is 10.6. The predicted molar refractivity (Wildman–Crippen MR) is 63.9 cm³/mol. The Morgan fingerprint density at radius 3 is 2.21 bits per heavy atom. The summed E-state index contributed by atoms with van der Waals surface area (Å²) in [5.41, 5.74) is 5.75. The lowest BCUT2D eigenvalue weighted by Gasteiger charge is -1.96. The molecule has 0 saturated carbocycles. The quantitative estimate of drug-likeness (QED) is 0.301. The van der Waals surface area contributed by atoms with Crippen molar-refractivity contribution in [2.45, 2.75) is 0 Å². The van der Waals surface area contributed by atoms with E-state index in [2.05, 4.69) is 10.2 Å². The molecular weight excluding hydrogens is 260 g/mol. The van der Waals surface area contributed by atoms with Gasteiger partial charge in [0.05, 0.1) is 22.1 Å². The summed E-state index contributed by atoms with van der Waals surface area (Å²) in [5, 5.41) is 36.1. The molecule has 0 aliphatic carbocycles. The third kappa shape index (κ3) is 4.01. The van der Waals surface area contributed by atoms with Crippen LogP contribution in [0.4, 0.5) is 11.4 Å². The van der Waals surface area contributed by atoms with E-state index in [1.165, 1.54) is 5.48 Å². The molecule has 0 aromatic heterocycles. The Morgan fingerprint density at radius 1 is 1.26 bits per heavy atom. The first-order valence-corrected chi connectivity index (χ1v) is 4.64. The van der Waals surface area contributed by atoms with Crippen molar-refractivity contribution in [3.63, 3.8) is 0 Å². The zero-order valence-corrected chi connectivity index (χ0v) is 9.26. The van der Waals surface area contributed by atoms with Gasteiger partial charge in [-0.1, -0.05) is 0 Å². The van der Waals surface area contributed by atoms with Crippen LogP contribution in [-0.2, 0) is 0 Å². The van der Waals surface area contributed by atoms with Crippen LogP contribution in [0.25, 0.3) is 0 Å². The fourth-order valence-corrected chi connectivity index (χ4v) is 1.08. The molecule has 1 rings (SSSR count). The van der Waals surface area contributed by atoms with Crippen LogP contribution < -0.4 is 11.2 Å². The van der Waals surface area contributed by atoms with Gasteiger partial charge in [-0.15, -0.1) is 5.10 Å². The highest BCUT2D eigenvalue weighted by Gasteiger charge is 2.15. The number of nitrogens with one attached hydrogen (secondary N) is 1. The van der Waals surface area contributed by atoms with Gasteiger partial charge in [0.2, 0.25) is 5.96 Å². The predicted octanol–water partition coefficient (Wildman–Crippen LogP) is 0.130. The first kappa shape index (κ1) is 14.0. The zero-order valence-electron chi connectivity index (χ0n) is 9.26. The summed E-state index contributed by atoms with van der Waals surface area (Å²) in [7, 11) is 0. The van der Waals surface area contributed by atoms with Gasteiger partial charge >= 0.3 is 0 Å². The van der Waals surface area contributed by atoms with E-state index in [4.69, 9.17) is 10.9 Å². The number of guanidine groups is 1. The fraction of sp³-hybridized carbons (Fsp3) is 0. The van der Waals surface area contributed by atoms with Crippen molar-refractivity contribution >= 4 is 23.5 Å². The Hall–Kier alpha value is -3.08. The maximum Gasteiger partial charge on any atom is 0.276 e. The molecule has 11 heteroatoms. The van der Waals surface area contributed by atoms with Crippen LogP contribution >= 0.6 is 0 Å². The van der Waals surface area contributed by atoms with Gasteiger partial charge in [-0.05, 0) is 0 Å². The molecule has 1 aromatic rings. The number of nitro benzene ring substituents is 2. The molecule has 0 atom stereocenters. The van der Waals surface area contributed by atoms with Crippen molar-refractivity contribution in [3.8, 4) is 0 Å². The highest BCUT2D eigenvalue weighted by molar-refractivity contribution is 5.83. The number of nitro groups is 2. The lowest BCUT2D eigenvalue weighted by molar-refractivity contribution is -0.394. The van der Waals surface area contributed by atoms with Crippen LogP contribution in [-0.4, -0.2) is 27.2 Å². The van der Waals surface area contributed by atoms with Crippen molar-refractivity contribution in [3.05, 3.63) is 44.0 Å². The number of hydrogen-bond donors (Lipinski definition) is 3. The second kappa shape index (κ2) is 6.02. The minimum atomic E-state index is -0.767. The van der Waals surface area contributed by atoms with Gasteiger partial charge in [-0.25, -0.2) is 5.48 Å². The van der Waals surface area contributed by atoms with Crippen molar-refractivity contribution in [2.24, 2.45) is 15.9 Å². The molecule has 0 amide bonds. The van der Waals surface area contributed by atoms with E-state index in [0.717, 1.165) is 24.4 Å². The minimum Gasteiger partial charge on any atom is -0.367 e. The van der Waals surface area contributed by atoms with Crippen LogP contribution in [0.2, 0.25) is 0 Å². The van der Waals surface area contributed by atoms with Gasteiger partial charge in [-0.2, -0.15) is 5.10 Å². The smallest absolute Gasteiger partial charge is 0.276 e. The maximum atomic E-state index is 10.6. The highest BCUT2D eigenvalue weighted by atomic mass is 16.6. The number of nitrogens with zero attached hydrogens (tertiary/aromatic N) is 4. The number of benzene rings is 1. The fourth-order valence-electron chi connectivity index (χ4n) is 1.08. The summed E-state index contributed by atoms with van der Waals surface area (Å²) >= 11 is 0. The summed E-state index contributed by atoms with van der Waals surface area (Å²) in [4.78, 5) is 19.7. The molecule has 19 heavy (non-hydrogen) atoms. The van der Waals surface area contributed by atoms with Crippen LogP contribution in [0.5, 0.6) is 0 Å². The summed E-state index contributed by atoms with van der Waals surface area (Å²) in [6.45, 7) is 0. The number of hydrogen-bond acceptors (Lipinski definition) is 7. The monoisotopic (exact) mass is 268 g/mol. The van der Waals surface area contributed by atoms with Crippen molar-refractivity contribution < 1.29 is 15.1 Å². The Morgan fingerprint density at radius 2 is 1.79 bits per heavy atom. The summed E-state index contributed by atoms with van der Waals surface area (Å²) in [6, 6.07) is 2.98. The van der Waals surface area contributed by atoms with Gasteiger partial charge in [-0.3, -0.25) is 25.4 Å². The normalized spacial score (nSPS) is 11.5. The number of non-ortho nitro benzene ring substituents is 2. The number of nitrogens with two attached hydrogens (primary N) is 1. The van der Waals surface area contributed by atoms with E-state index < -0.39 is 27.2 Å². The molecular formula is C8H8N6O5. The summed E-state index contributed by atoms with van der Waals surface area (Å²) in [6.07, 6.45) is 1.02. The Labute approximate surface area is 105 Å². The van der Waals surface area contributed by atoms with E-state index in [9.17, 15) is 20.2 Å². The second-order valence-corrected chi connectivity index (χ2v) is 3.14. The first-order valence-electron chi connectivity index (χ1n) is 4.64. The molecule has 0 bridgehead atoms. The van der Waals surface area contributed by atoms with Gasteiger partial charge in [0, 0.05) is 17.7 Å². The molecule has 4 N–H and O–H groups in total. The highest BCUT2D eigenvalue weighted by Crippen LogP contribution is 2.21. The molecule has 100 valence electrons. The first-order chi connectivity index (χ1) is 8.93. The average Bonchev–Trinajstić information content (AvgIpc) is 2.38. The van der Waals surface area contributed by atoms with Crippen LogP contribution in [0, 0.1) is 20.2 Å². The van der Waals surface area contributed by atoms with Gasteiger partial charge < -0.3 is 5.73 Å². The van der Waals surface area contributed by atoms with Crippen LogP contribution in [0.15, 0.2) is 28.4 Å². The van der Waals surface area contributed by atoms with E-state index in [1.54, 1.807) is 0 Å². The molecule has 0 radical (unpaired) electrons. The van der Waals surface area contributed by atoms with E-state index in [1.807, 2.05) is 0 Å². The van der Waals surface area contributed by atoms with Crippen molar-refractivity contribution in [2.75, 3.05) is 0 Å². The Bertz CT molecular complexity index is 536. The number of hydroxylamine groups is 1. The number of rotatable bonds is 4. The topological polar surface area (TPSA) is 169 Å². The SMILES string of the molecule is NC(=N/N=C/c1cc([N+](=O)[O-])cc([N+](=O)[O-])c1)NO. The standard InChI is InChI=1S/C8H8N6O5/c9-8(12-15)11-10-4-5-1-6(13(16)17)3-7(2-5)14(18)19/h1-4,15H,(H3,9,11,12)/b10-4+. The van der Waals surface area contributed by atoms with Crippen molar-refractivity contribution in [1.82, 2.24) is 5.48 Å². The molecule has 0 unspecified atom stereocenters. The molecule has 0 spiro atoms.